The summed E-state index contributed by atoms with van der Waals surface area (Å²) in [6.07, 6.45) is 1.31. The van der Waals surface area contributed by atoms with Gasteiger partial charge in [0.25, 0.3) is 0 Å². The van der Waals surface area contributed by atoms with E-state index in [1.54, 1.807) is 7.11 Å². The summed E-state index contributed by atoms with van der Waals surface area (Å²) in [7, 11) is 1.65. The summed E-state index contributed by atoms with van der Waals surface area (Å²) in [6.45, 7) is 7.55. The van der Waals surface area contributed by atoms with Crippen LogP contribution in [-0.2, 0) is 9.47 Å². The van der Waals surface area contributed by atoms with Gasteiger partial charge in [-0.1, -0.05) is 13.5 Å². The molecule has 1 saturated heterocycles. The Bertz CT molecular complexity index is 397. The van der Waals surface area contributed by atoms with Crippen LogP contribution in [0.25, 0.3) is 5.76 Å². The smallest absolute Gasteiger partial charge is 0.119 e. The molecule has 1 aromatic carbocycles. The molecule has 0 aromatic heterocycles. The Morgan fingerprint density at radius 3 is 2.67 bits per heavy atom. The molecule has 1 aromatic rings. The summed E-state index contributed by atoms with van der Waals surface area (Å²) in [5.74, 6) is 2.08. The second-order valence-corrected chi connectivity index (χ2v) is 4.64. The van der Waals surface area contributed by atoms with Crippen LogP contribution in [0.4, 0.5) is 0 Å². The van der Waals surface area contributed by atoms with Crippen molar-refractivity contribution in [1.82, 2.24) is 0 Å². The highest BCUT2D eigenvalue weighted by molar-refractivity contribution is 5.58. The van der Waals surface area contributed by atoms with E-state index >= 15 is 0 Å². The van der Waals surface area contributed by atoms with Crippen molar-refractivity contribution in [3.05, 3.63) is 36.4 Å². The van der Waals surface area contributed by atoms with Gasteiger partial charge in [-0.2, -0.15) is 0 Å². The third kappa shape index (κ3) is 3.05. The molecule has 2 atom stereocenters. The average Bonchev–Trinajstić information content (AvgIpc) is 2.81. The number of methoxy groups -OCH3 is 1. The van der Waals surface area contributed by atoms with Crippen molar-refractivity contribution in [1.29, 1.82) is 0 Å². The Morgan fingerprint density at radius 1 is 1.39 bits per heavy atom. The van der Waals surface area contributed by atoms with Crippen molar-refractivity contribution in [3.63, 3.8) is 0 Å². The van der Waals surface area contributed by atoms with Crippen LogP contribution in [0, 0.1) is 5.92 Å². The van der Waals surface area contributed by atoms with E-state index < -0.39 is 0 Å². The van der Waals surface area contributed by atoms with E-state index in [9.17, 15) is 0 Å². The van der Waals surface area contributed by atoms with Crippen molar-refractivity contribution >= 4 is 5.76 Å². The average molecular weight is 248 g/mol. The van der Waals surface area contributed by atoms with Crippen molar-refractivity contribution in [3.8, 4) is 5.75 Å². The molecule has 1 heterocycles. The maximum Gasteiger partial charge on any atom is 0.119 e. The minimum Gasteiger partial charge on any atom is -0.497 e. The molecule has 1 aliphatic rings. The van der Waals surface area contributed by atoms with E-state index in [0.29, 0.717) is 18.3 Å². The van der Waals surface area contributed by atoms with Crippen LogP contribution in [-0.4, -0.2) is 26.4 Å². The van der Waals surface area contributed by atoms with E-state index in [0.717, 1.165) is 24.3 Å². The molecular formula is C15H20O3. The first kappa shape index (κ1) is 13.0. The van der Waals surface area contributed by atoms with Gasteiger partial charge in [0.15, 0.2) is 0 Å². The third-order valence-electron chi connectivity index (χ3n) is 3.37. The molecule has 0 amide bonds. The topological polar surface area (TPSA) is 27.7 Å². The van der Waals surface area contributed by atoms with Crippen molar-refractivity contribution in [2.45, 2.75) is 19.4 Å². The highest BCUT2D eigenvalue weighted by atomic mass is 16.5. The zero-order valence-corrected chi connectivity index (χ0v) is 11.0. The highest BCUT2D eigenvalue weighted by Crippen LogP contribution is 2.23. The Balaban J connectivity index is 1.87. The van der Waals surface area contributed by atoms with Crippen LogP contribution < -0.4 is 4.74 Å². The first-order valence-electron chi connectivity index (χ1n) is 6.28. The van der Waals surface area contributed by atoms with Crippen LogP contribution in [0.1, 0.15) is 18.9 Å². The first-order chi connectivity index (χ1) is 8.70. The van der Waals surface area contributed by atoms with Crippen molar-refractivity contribution < 1.29 is 14.2 Å². The molecule has 18 heavy (non-hydrogen) atoms. The highest BCUT2D eigenvalue weighted by Gasteiger charge is 2.24. The van der Waals surface area contributed by atoms with Gasteiger partial charge in [0.1, 0.15) is 18.1 Å². The largest absolute Gasteiger partial charge is 0.497 e. The lowest BCUT2D eigenvalue weighted by atomic mass is 10.1. The quantitative estimate of drug-likeness (QED) is 0.749. The Kier molecular flexibility index (Phi) is 4.26. The molecule has 3 nitrogen and oxygen atoms in total. The van der Waals surface area contributed by atoms with Gasteiger partial charge in [-0.3, -0.25) is 0 Å². The molecule has 98 valence electrons. The van der Waals surface area contributed by atoms with Crippen LogP contribution in [0.15, 0.2) is 30.8 Å². The molecule has 0 N–H and O–H groups in total. The van der Waals surface area contributed by atoms with E-state index in [1.165, 1.54) is 0 Å². The van der Waals surface area contributed by atoms with Gasteiger partial charge in [-0.25, -0.2) is 0 Å². The van der Waals surface area contributed by atoms with E-state index in [1.807, 2.05) is 24.3 Å². The fourth-order valence-corrected chi connectivity index (χ4v) is 2.01. The van der Waals surface area contributed by atoms with Gasteiger partial charge in [0, 0.05) is 12.2 Å². The standard InChI is InChI=1S/C15H20O3/c1-11-8-9-17-15(11)10-18-12(2)13-4-6-14(16-3)7-5-13/h4-7,11,15H,2,8-10H2,1,3H3/t11-,15?/m1/s1. The summed E-state index contributed by atoms with van der Waals surface area (Å²) < 4.78 is 16.4. The second kappa shape index (κ2) is 5.91. The molecule has 1 fully saturated rings. The minimum atomic E-state index is 0.194. The third-order valence-corrected chi connectivity index (χ3v) is 3.37. The van der Waals surface area contributed by atoms with Gasteiger partial charge in [-0.15, -0.1) is 0 Å². The Labute approximate surface area is 108 Å². The van der Waals surface area contributed by atoms with Gasteiger partial charge in [0.2, 0.25) is 0 Å². The summed E-state index contributed by atoms with van der Waals surface area (Å²) in [4.78, 5) is 0. The molecule has 1 aliphatic heterocycles. The van der Waals surface area contributed by atoms with Gasteiger partial charge in [0.05, 0.1) is 13.2 Å². The summed E-state index contributed by atoms with van der Waals surface area (Å²) >= 11 is 0. The first-order valence-corrected chi connectivity index (χ1v) is 6.28. The van der Waals surface area contributed by atoms with Gasteiger partial charge >= 0.3 is 0 Å². The lowest BCUT2D eigenvalue weighted by Crippen LogP contribution is -2.19. The van der Waals surface area contributed by atoms with Crippen LogP contribution >= 0.6 is 0 Å². The minimum absolute atomic E-state index is 0.194. The predicted molar refractivity (Wildman–Crippen MR) is 71.5 cm³/mol. The zero-order valence-electron chi connectivity index (χ0n) is 11.0. The molecule has 2 rings (SSSR count). The summed E-state index contributed by atoms with van der Waals surface area (Å²) in [5, 5.41) is 0. The van der Waals surface area contributed by atoms with Gasteiger partial charge in [-0.05, 0) is 36.6 Å². The predicted octanol–water partition coefficient (Wildman–Crippen LogP) is 3.11. The molecule has 0 radical (unpaired) electrons. The molecule has 0 spiro atoms. The molecule has 1 unspecified atom stereocenters. The Hall–Kier alpha value is -1.48. The number of rotatable bonds is 5. The van der Waals surface area contributed by atoms with Crippen LogP contribution in [0.2, 0.25) is 0 Å². The summed E-state index contributed by atoms with van der Waals surface area (Å²) in [5.41, 5.74) is 0.974. The SMILES string of the molecule is C=C(OCC1OCC[C@H]1C)c1ccc(OC)cc1. The van der Waals surface area contributed by atoms with Crippen LogP contribution in [0.5, 0.6) is 5.75 Å². The molecule has 3 heteroatoms. The summed E-state index contributed by atoms with van der Waals surface area (Å²) in [6, 6.07) is 7.69. The lowest BCUT2D eigenvalue weighted by Gasteiger charge is -2.17. The number of benzene rings is 1. The molecule has 0 bridgehead atoms. The fraction of sp³-hybridized carbons (Fsp3) is 0.467. The van der Waals surface area contributed by atoms with Crippen molar-refractivity contribution in [2.24, 2.45) is 5.92 Å². The maximum absolute atomic E-state index is 5.70. The van der Waals surface area contributed by atoms with E-state index in [2.05, 4.69) is 13.5 Å². The van der Waals surface area contributed by atoms with Crippen molar-refractivity contribution in [2.75, 3.05) is 20.3 Å². The normalized spacial score (nSPS) is 22.8. The zero-order chi connectivity index (χ0) is 13.0. The monoisotopic (exact) mass is 248 g/mol. The maximum atomic E-state index is 5.70. The molecule has 0 saturated carbocycles. The van der Waals surface area contributed by atoms with Crippen LogP contribution in [0.3, 0.4) is 0 Å². The van der Waals surface area contributed by atoms with E-state index in [4.69, 9.17) is 14.2 Å². The second-order valence-electron chi connectivity index (χ2n) is 4.64. The number of ether oxygens (including phenoxy) is 3. The van der Waals surface area contributed by atoms with Gasteiger partial charge < -0.3 is 14.2 Å². The lowest BCUT2D eigenvalue weighted by molar-refractivity contribution is 0.0427. The molecular weight excluding hydrogens is 228 g/mol. The number of hydrogen-bond donors (Lipinski definition) is 0. The molecule has 0 aliphatic carbocycles. The Morgan fingerprint density at radius 2 is 2.11 bits per heavy atom. The van der Waals surface area contributed by atoms with E-state index in [-0.39, 0.29) is 6.10 Å². The fourth-order valence-electron chi connectivity index (χ4n) is 2.01. The number of hydrogen-bond acceptors (Lipinski definition) is 3.